The van der Waals surface area contributed by atoms with Crippen LogP contribution in [-0.2, 0) is 13.0 Å². The molecule has 1 saturated carbocycles. The van der Waals surface area contributed by atoms with E-state index >= 15 is 0 Å². The maximum Gasteiger partial charge on any atom is 0.138 e. The van der Waals surface area contributed by atoms with Crippen LogP contribution in [0.2, 0.25) is 0 Å². The van der Waals surface area contributed by atoms with E-state index in [1.807, 2.05) is 4.68 Å². The molecule has 4 heteroatoms. The average Bonchev–Trinajstić information content (AvgIpc) is 2.77. The van der Waals surface area contributed by atoms with Gasteiger partial charge in [0.1, 0.15) is 12.2 Å². The molecule has 0 aromatic carbocycles. The van der Waals surface area contributed by atoms with E-state index in [2.05, 4.69) is 53.7 Å². The number of aryl methyl sites for hydroxylation is 1. The van der Waals surface area contributed by atoms with Crippen LogP contribution in [0.5, 0.6) is 0 Å². The summed E-state index contributed by atoms with van der Waals surface area (Å²) in [6.07, 6.45) is 6.67. The van der Waals surface area contributed by atoms with Crippen molar-refractivity contribution < 1.29 is 0 Å². The van der Waals surface area contributed by atoms with Crippen molar-refractivity contribution in [3.8, 4) is 0 Å². The lowest BCUT2D eigenvalue weighted by molar-refractivity contribution is 0.145. The van der Waals surface area contributed by atoms with Crippen molar-refractivity contribution in [2.75, 3.05) is 0 Å². The number of hydrogen-bond acceptors (Lipinski definition) is 2. The minimum Gasteiger partial charge on any atom is -0.250 e. The third-order valence-electron chi connectivity index (χ3n) is 4.55. The number of hydrogen-bond donors (Lipinski definition) is 0. The van der Waals surface area contributed by atoms with Gasteiger partial charge >= 0.3 is 0 Å². The van der Waals surface area contributed by atoms with Crippen LogP contribution >= 0.6 is 15.9 Å². The summed E-state index contributed by atoms with van der Waals surface area (Å²) in [4.78, 5) is 5.07. The lowest BCUT2D eigenvalue weighted by Crippen LogP contribution is -2.33. The molecule has 0 bridgehead atoms. The summed E-state index contributed by atoms with van der Waals surface area (Å²) in [6.45, 7) is 10.2. The van der Waals surface area contributed by atoms with E-state index < -0.39 is 0 Å². The second-order valence-electron chi connectivity index (χ2n) is 6.85. The van der Waals surface area contributed by atoms with Gasteiger partial charge in [-0.2, -0.15) is 5.10 Å². The van der Waals surface area contributed by atoms with Crippen LogP contribution in [0.15, 0.2) is 6.33 Å². The Morgan fingerprint density at radius 1 is 1.37 bits per heavy atom. The second kappa shape index (κ2) is 5.94. The van der Waals surface area contributed by atoms with Gasteiger partial charge in [0.05, 0.1) is 0 Å². The highest BCUT2D eigenvalue weighted by Gasteiger charge is 2.35. The summed E-state index contributed by atoms with van der Waals surface area (Å²) in [5.41, 5.74) is 0.420. The Kier molecular flexibility index (Phi) is 4.70. The second-order valence-corrected chi connectivity index (χ2v) is 8.02. The molecule has 0 aliphatic heterocycles. The summed E-state index contributed by atoms with van der Waals surface area (Å²) in [6, 6.07) is 0. The average molecular weight is 328 g/mol. The Hall–Kier alpha value is -0.380. The fraction of sp³-hybridized carbons (Fsp3) is 0.867. The SMILES string of the molecule is CCn1ncnc1CC1CC(C(C)(C)C)CCC1Br. The topological polar surface area (TPSA) is 30.7 Å². The summed E-state index contributed by atoms with van der Waals surface area (Å²) in [5, 5.41) is 4.28. The Balaban J connectivity index is 2.06. The van der Waals surface area contributed by atoms with Crippen LogP contribution in [0.4, 0.5) is 0 Å². The van der Waals surface area contributed by atoms with Crippen molar-refractivity contribution in [1.82, 2.24) is 14.8 Å². The molecule has 1 fully saturated rings. The molecular weight excluding hydrogens is 302 g/mol. The van der Waals surface area contributed by atoms with Gasteiger partial charge < -0.3 is 0 Å². The predicted molar refractivity (Wildman–Crippen MR) is 82.4 cm³/mol. The first-order chi connectivity index (χ1) is 8.91. The van der Waals surface area contributed by atoms with Crippen molar-refractivity contribution in [2.24, 2.45) is 17.3 Å². The molecule has 19 heavy (non-hydrogen) atoms. The first kappa shape index (κ1) is 15.0. The van der Waals surface area contributed by atoms with Crippen molar-refractivity contribution in [2.45, 2.75) is 64.8 Å². The Bertz CT molecular complexity index is 408. The predicted octanol–water partition coefficient (Wildman–Crippen LogP) is 4.07. The van der Waals surface area contributed by atoms with Crippen molar-refractivity contribution in [1.29, 1.82) is 0 Å². The van der Waals surface area contributed by atoms with E-state index in [9.17, 15) is 0 Å². The van der Waals surface area contributed by atoms with Crippen LogP contribution in [0, 0.1) is 17.3 Å². The Morgan fingerprint density at radius 3 is 2.74 bits per heavy atom. The lowest BCUT2D eigenvalue weighted by atomic mass is 9.68. The molecule has 2 rings (SSSR count). The smallest absolute Gasteiger partial charge is 0.138 e. The van der Waals surface area contributed by atoms with E-state index in [0.29, 0.717) is 16.2 Å². The highest BCUT2D eigenvalue weighted by Crippen LogP contribution is 2.43. The van der Waals surface area contributed by atoms with Crippen LogP contribution < -0.4 is 0 Å². The molecular formula is C15H26BrN3. The number of nitrogens with zero attached hydrogens (tertiary/aromatic N) is 3. The number of alkyl halides is 1. The zero-order valence-electron chi connectivity index (χ0n) is 12.6. The largest absolute Gasteiger partial charge is 0.250 e. The fourth-order valence-corrected chi connectivity index (χ4v) is 3.84. The molecule has 3 unspecified atom stereocenters. The highest BCUT2D eigenvalue weighted by atomic mass is 79.9. The van der Waals surface area contributed by atoms with Crippen molar-refractivity contribution >= 4 is 15.9 Å². The molecule has 1 aromatic rings. The van der Waals surface area contributed by atoms with Gasteiger partial charge in [-0.15, -0.1) is 0 Å². The summed E-state index contributed by atoms with van der Waals surface area (Å²) >= 11 is 3.88. The molecule has 1 aromatic heterocycles. The molecule has 1 aliphatic rings. The lowest BCUT2D eigenvalue weighted by Gasteiger charge is -2.40. The highest BCUT2D eigenvalue weighted by molar-refractivity contribution is 9.09. The molecule has 1 aliphatic carbocycles. The van der Waals surface area contributed by atoms with Gasteiger partial charge in [-0.25, -0.2) is 4.98 Å². The Labute approximate surface area is 125 Å². The van der Waals surface area contributed by atoms with Crippen LogP contribution in [0.25, 0.3) is 0 Å². The minimum absolute atomic E-state index is 0.420. The molecule has 0 amide bonds. The van der Waals surface area contributed by atoms with Gasteiger partial charge in [-0.3, -0.25) is 4.68 Å². The third kappa shape index (κ3) is 3.59. The quantitative estimate of drug-likeness (QED) is 0.783. The summed E-state index contributed by atoms with van der Waals surface area (Å²) < 4.78 is 2.03. The first-order valence-corrected chi connectivity index (χ1v) is 8.34. The number of aromatic nitrogens is 3. The minimum atomic E-state index is 0.420. The third-order valence-corrected chi connectivity index (χ3v) is 5.76. The molecule has 3 nitrogen and oxygen atoms in total. The van der Waals surface area contributed by atoms with Gasteiger partial charge in [-0.05, 0) is 43.4 Å². The maximum absolute atomic E-state index is 4.43. The van der Waals surface area contributed by atoms with Gasteiger partial charge in [0.15, 0.2) is 0 Å². The molecule has 0 radical (unpaired) electrons. The molecule has 3 atom stereocenters. The van der Waals surface area contributed by atoms with E-state index in [0.717, 1.165) is 24.7 Å². The van der Waals surface area contributed by atoms with Gasteiger partial charge in [-0.1, -0.05) is 36.7 Å². The Morgan fingerprint density at radius 2 is 2.11 bits per heavy atom. The van der Waals surface area contributed by atoms with Gasteiger partial charge in [0.2, 0.25) is 0 Å². The number of halogens is 1. The molecule has 0 saturated heterocycles. The van der Waals surface area contributed by atoms with Crippen LogP contribution in [0.3, 0.4) is 0 Å². The van der Waals surface area contributed by atoms with Gasteiger partial charge in [0, 0.05) is 17.8 Å². The summed E-state index contributed by atoms with van der Waals surface area (Å²) in [5.74, 6) is 2.66. The fourth-order valence-electron chi connectivity index (χ4n) is 3.17. The van der Waals surface area contributed by atoms with Crippen molar-refractivity contribution in [3.05, 3.63) is 12.2 Å². The molecule has 0 N–H and O–H groups in total. The van der Waals surface area contributed by atoms with E-state index in [1.54, 1.807) is 6.33 Å². The maximum atomic E-state index is 4.43. The standard InChI is InChI=1S/C15H26BrN3/c1-5-19-14(17-10-18-19)9-11-8-12(15(2,3)4)6-7-13(11)16/h10-13H,5-9H2,1-4H3. The zero-order valence-corrected chi connectivity index (χ0v) is 14.2. The molecule has 1 heterocycles. The first-order valence-electron chi connectivity index (χ1n) is 7.42. The van der Waals surface area contributed by atoms with Gasteiger partial charge in [0.25, 0.3) is 0 Å². The van der Waals surface area contributed by atoms with Crippen molar-refractivity contribution in [3.63, 3.8) is 0 Å². The van der Waals surface area contributed by atoms with E-state index in [4.69, 9.17) is 0 Å². The number of rotatable bonds is 3. The normalized spacial score (nSPS) is 28.6. The van der Waals surface area contributed by atoms with E-state index in [1.165, 1.54) is 19.3 Å². The molecule has 108 valence electrons. The molecule has 0 spiro atoms. The summed E-state index contributed by atoms with van der Waals surface area (Å²) in [7, 11) is 0. The monoisotopic (exact) mass is 327 g/mol. The van der Waals surface area contributed by atoms with E-state index in [-0.39, 0.29) is 0 Å². The van der Waals surface area contributed by atoms with Crippen LogP contribution in [0.1, 0.15) is 52.8 Å². The zero-order chi connectivity index (χ0) is 14.0. The van der Waals surface area contributed by atoms with Crippen LogP contribution in [-0.4, -0.2) is 19.6 Å².